The fourth-order valence-electron chi connectivity index (χ4n) is 5.33. The van der Waals surface area contributed by atoms with Crippen LogP contribution < -0.4 is 9.47 Å². The summed E-state index contributed by atoms with van der Waals surface area (Å²) in [6.45, 7) is 0. The van der Waals surface area contributed by atoms with Crippen LogP contribution in [0.5, 0.6) is 11.5 Å². The van der Waals surface area contributed by atoms with Crippen LogP contribution in [0.15, 0.2) is 132 Å². The van der Waals surface area contributed by atoms with Gasteiger partial charge in [-0.05, 0) is 80.9 Å². The quantitative estimate of drug-likeness (QED) is 0.0791. The third kappa shape index (κ3) is 4.32. The summed E-state index contributed by atoms with van der Waals surface area (Å²) in [6, 6.07) is 33.6. The van der Waals surface area contributed by atoms with Crippen molar-refractivity contribution in [1.82, 2.24) is 0 Å². The summed E-state index contributed by atoms with van der Waals surface area (Å²) in [6.07, 6.45) is 1.91. The number of ether oxygens (including phenoxy) is 2. The molecule has 0 aliphatic heterocycles. The molecule has 200 valence electrons. The molecule has 0 amide bonds. The monoisotopic (exact) mass is 548 g/mol. The van der Waals surface area contributed by atoms with E-state index in [4.69, 9.17) is 9.47 Å². The van der Waals surface area contributed by atoms with Gasteiger partial charge in [0.25, 0.3) is 0 Å². The Morgan fingerprint density at radius 1 is 0.429 bits per heavy atom. The highest BCUT2D eigenvalue weighted by atomic mass is 16.5. The summed E-state index contributed by atoms with van der Waals surface area (Å²) in [4.78, 5) is 52.8. The molecule has 1 aliphatic carbocycles. The molecule has 1 aliphatic rings. The highest BCUT2D eigenvalue weighted by molar-refractivity contribution is 6.38. The second kappa shape index (κ2) is 9.94. The van der Waals surface area contributed by atoms with Crippen molar-refractivity contribution in [2.24, 2.45) is 0 Å². The number of carbonyl (C=O) groups is 4. The van der Waals surface area contributed by atoms with Gasteiger partial charge in [0.05, 0.1) is 0 Å². The maximum Gasteiger partial charge on any atom is 0.348 e. The normalized spacial score (nSPS) is 13.3. The summed E-state index contributed by atoms with van der Waals surface area (Å²) in [5.41, 5.74) is -1.34. The van der Waals surface area contributed by atoms with Crippen LogP contribution in [0.3, 0.4) is 0 Å². The predicted molar refractivity (Wildman–Crippen MR) is 160 cm³/mol. The molecule has 0 unspecified atom stereocenters. The van der Waals surface area contributed by atoms with E-state index < -0.39 is 34.7 Å². The number of fused-ring (bicyclic) bond motifs is 4. The Hall–Kier alpha value is -5.88. The van der Waals surface area contributed by atoms with Crippen molar-refractivity contribution in [2.45, 2.75) is 0 Å². The molecule has 6 nitrogen and oxygen atoms in total. The molecular formula is C36H20O6. The molecule has 6 aromatic rings. The van der Waals surface area contributed by atoms with Crippen molar-refractivity contribution in [3.05, 3.63) is 132 Å². The van der Waals surface area contributed by atoms with Crippen LogP contribution in [0.1, 0.15) is 0 Å². The van der Waals surface area contributed by atoms with Crippen molar-refractivity contribution < 1.29 is 28.7 Å². The van der Waals surface area contributed by atoms with Crippen LogP contribution in [-0.4, -0.2) is 23.5 Å². The lowest BCUT2D eigenvalue weighted by Crippen LogP contribution is -2.30. The Labute approximate surface area is 239 Å². The second-order valence-electron chi connectivity index (χ2n) is 9.94. The molecule has 0 radical (unpaired) electrons. The molecule has 0 aromatic heterocycles. The van der Waals surface area contributed by atoms with Crippen molar-refractivity contribution in [2.75, 3.05) is 0 Å². The van der Waals surface area contributed by atoms with Crippen LogP contribution >= 0.6 is 0 Å². The van der Waals surface area contributed by atoms with Gasteiger partial charge in [-0.1, -0.05) is 72.8 Å². The van der Waals surface area contributed by atoms with Crippen molar-refractivity contribution in [1.29, 1.82) is 0 Å². The molecular weight excluding hydrogens is 528 g/mol. The average Bonchev–Trinajstić information content (AvgIpc) is 3.00. The summed E-state index contributed by atoms with van der Waals surface area (Å²) in [5.74, 6) is -3.48. The molecule has 0 saturated carbocycles. The molecule has 0 fully saturated rings. The standard InChI is InChI=1S/C36H20O6/c37-29-15-16-30(38)34(36(40)42-32-14-6-12-26-18-22-8-2-4-10-24(22)20-28(26)32)33(29)35(39)41-31-13-5-11-25-17-21-7-1-3-9-23(21)19-27(25)31/h1-20H. The number of hydrogen-bond acceptors (Lipinski definition) is 6. The average molecular weight is 549 g/mol. The third-order valence-electron chi connectivity index (χ3n) is 7.36. The van der Waals surface area contributed by atoms with Crippen LogP contribution in [-0.2, 0) is 19.2 Å². The number of benzene rings is 6. The van der Waals surface area contributed by atoms with Crippen molar-refractivity contribution in [3.63, 3.8) is 0 Å². The minimum Gasteiger partial charge on any atom is -0.422 e. The molecule has 0 N–H and O–H groups in total. The van der Waals surface area contributed by atoms with Crippen molar-refractivity contribution >= 4 is 66.6 Å². The van der Waals surface area contributed by atoms with E-state index in [2.05, 4.69) is 0 Å². The number of rotatable bonds is 4. The first-order valence-corrected chi connectivity index (χ1v) is 13.2. The van der Waals surface area contributed by atoms with E-state index >= 15 is 0 Å². The van der Waals surface area contributed by atoms with Gasteiger partial charge in [0.2, 0.25) is 0 Å². The largest absolute Gasteiger partial charge is 0.422 e. The lowest BCUT2D eigenvalue weighted by Gasteiger charge is -2.15. The Morgan fingerprint density at radius 2 is 0.786 bits per heavy atom. The van der Waals surface area contributed by atoms with Crippen molar-refractivity contribution in [3.8, 4) is 11.5 Å². The number of ketones is 2. The van der Waals surface area contributed by atoms with Gasteiger partial charge in [-0.3, -0.25) is 9.59 Å². The zero-order valence-electron chi connectivity index (χ0n) is 22.0. The van der Waals surface area contributed by atoms with Gasteiger partial charge in [0.15, 0.2) is 11.6 Å². The molecule has 0 atom stereocenters. The first-order chi connectivity index (χ1) is 20.5. The topological polar surface area (TPSA) is 86.7 Å². The molecule has 42 heavy (non-hydrogen) atoms. The summed E-state index contributed by atoms with van der Waals surface area (Å²) < 4.78 is 11.3. The first-order valence-electron chi connectivity index (χ1n) is 13.2. The van der Waals surface area contributed by atoms with E-state index in [0.29, 0.717) is 10.8 Å². The van der Waals surface area contributed by atoms with E-state index in [-0.39, 0.29) is 11.5 Å². The van der Waals surface area contributed by atoms with Gasteiger partial charge in [0, 0.05) is 10.8 Å². The third-order valence-corrected chi connectivity index (χ3v) is 7.36. The zero-order chi connectivity index (χ0) is 28.8. The predicted octanol–water partition coefficient (Wildman–Crippen LogP) is 6.82. The second-order valence-corrected chi connectivity index (χ2v) is 9.94. The number of allylic oxidation sites excluding steroid dienone is 2. The van der Waals surface area contributed by atoms with Gasteiger partial charge >= 0.3 is 11.9 Å². The Balaban J connectivity index is 1.27. The zero-order valence-corrected chi connectivity index (χ0v) is 22.0. The molecule has 7 rings (SSSR count). The van der Waals surface area contributed by atoms with Gasteiger partial charge in [-0.2, -0.15) is 0 Å². The van der Waals surface area contributed by atoms with Gasteiger partial charge < -0.3 is 9.47 Å². The van der Waals surface area contributed by atoms with Gasteiger partial charge in [-0.15, -0.1) is 0 Å². The van der Waals surface area contributed by atoms with Crippen LogP contribution in [0.4, 0.5) is 0 Å². The van der Waals surface area contributed by atoms with Gasteiger partial charge in [0.1, 0.15) is 22.6 Å². The smallest absolute Gasteiger partial charge is 0.348 e. The highest BCUT2D eigenvalue weighted by Crippen LogP contribution is 2.33. The molecule has 0 saturated heterocycles. The lowest BCUT2D eigenvalue weighted by atomic mass is 9.94. The van der Waals surface area contributed by atoms with E-state index in [1.807, 2.05) is 84.9 Å². The number of carbonyl (C=O) groups excluding carboxylic acids is 4. The summed E-state index contributed by atoms with van der Waals surface area (Å²) in [7, 11) is 0. The minimum absolute atomic E-state index is 0.194. The Morgan fingerprint density at radius 3 is 1.19 bits per heavy atom. The van der Waals surface area contributed by atoms with E-state index in [1.54, 1.807) is 24.3 Å². The van der Waals surface area contributed by atoms with Crippen LogP contribution in [0, 0.1) is 0 Å². The lowest BCUT2D eigenvalue weighted by molar-refractivity contribution is -0.136. The number of esters is 2. The SMILES string of the molecule is O=C1C=CC(=O)C(C(=O)Oc2cccc3cc4ccccc4cc23)=C1C(=O)Oc1cccc2cc3ccccc3cc12. The molecule has 0 heterocycles. The Kier molecular flexibility index (Phi) is 5.95. The minimum atomic E-state index is -1.12. The van der Waals surface area contributed by atoms with E-state index in [1.165, 1.54) is 0 Å². The molecule has 6 aromatic carbocycles. The molecule has 0 bridgehead atoms. The van der Waals surface area contributed by atoms with E-state index in [9.17, 15) is 19.2 Å². The summed E-state index contributed by atoms with van der Waals surface area (Å²) >= 11 is 0. The highest BCUT2D eigenvalue weighted by Gasteiger charge is 2.35. The first kappa shape index (κ1) is 25.1. The summed E-state index contributed by atoms with van der Waals surface area (Å²) in [5, 5.41) is 6.83. The van der Waals surface area contributed by atoms with Crippen LogP contribution in [0.25, 0.3) is 43.1 Å². The molecule has 0 spiro atoms. The molecule has 6 heteroatoms. The van der Waals surface area contributed by atoms with Crippen LogP contribution in [0.2, 0.25) is 0 Å². The number of hydrogen-bond donors (Lipinski definition) is 0. The van der Waals surface area contributed by atoms with E-state index in [0.717, 1.165) is 44.5 Å². The fourth-order valence-corrected chi connectivity index (χ4v) is 5.33. The Bertz CT molecular complexity index is 2060. The maximum atomic E-state index is 13.5. The van der Waals surface area contributed by atoms with Gasteiger partial charge in [-0.25, -0.2) is 9.59 Å². The maximum absolute atomic E-state index is 13.5. The fraction of sp³-hybridized carbons (Fsp3) is 0.